The second-order valence-electron chi connectivity index (χ2n) is 5.24. The van der Waals surface area contributed by atoms with E-state index in [-0.39, 0.29) is 11.8 Å². The first kappa shape index (κ1) is 14.1. The van der Waals surface area contributed by atoms with Crippen LogP contribution in [0.4, 0.5) is 11.4 Å². The Kier molecular flexibility index (Phi) is 3.51. The van der Waals surface area contributed by atoms with Crippen molar-refractivity contribution in [2.75, 3.05) is 17.3 Å². The lowest BCUT2D eigenvalue weighted by Gasteiger charge is -2.08. The first-order valence-corrected chi connectivity index (χ1v) is 7.03. The van der Waals surface area contributed by atoms with E-state index < -0.39 is 0 Å². The minimum absolute atomic E-state index is 0.00728. The van der Waals surface area contributed by atoms with Crippen molar-refractivity contribution in [2.24, 2.45) is 0 Å². The molecular weight excluding hydrogens is 276 g/mol. The molecular formula is C18H16N2O2. The zero-order valence-electron chi connectivity index (χ0n) is 12.5. The molecule has 0 aliphatic carbocycles. The van der Waals surface area contributed by atoms with Gasteiger partial charge in [-0.3, -0.25) is 9.59 Å². The standard InChI is InChI=1S/C18H16N2O2/c1-12(21)19-14-9-7-13(8-10-14)11-16-15-5-3-4-6-17(15)20(2)18(16)22/h3-11H,1-2H3,(H,19,21)/b16-11-. The van der Waals surface area contributed by atoms with Crippen LogP contribution in [0.3, 0.4) is 0 Å². The molecule has 0 spiro atoms. The predicted molar refractivity (Wildman–Crippen MR) is 88.5 cm³/mol. The minimum Gasteiger partial charge on any atom is -0.326 e. The van der Waals surface area contributed by atoms with Gasteiger partial charge in [0.2, 0.25) is 5.91 Å². The van der Waals surface area contributed by atoms with Crippen LogP contribution in [-0.4, -0.2) is 18.9 Å². The maximum atomic E-state index is 12.4. The summed E-state index contributed by atoms with van der Waals surface area (Å²) in [7, 11) is 1.78. The van der Waals surface area contributed by atoms with Crippen LogP contribution < -0.4 is 10.2 Å². The molecule has 0 fully saturated rings. The second kappa shape index (κ2) is 5.48. The fourth-order valence-electron chi connectivity index (χ4n) is 2.57. The largest absolute Gasteiger partial charge is 0.326 e. The highest BCUT2D eigenvalue weighted by molar-refractivity contribution is 6.35. The lowest BCUT2D eigenvalue weighted by atomic mass is 10.0. The van der Waals surface area contributed by atoms with E-state index in [2.05, 4.69) is 5.32 Å². The molecule has 1 heterocycles. The maximum absolute atomic E-state index is 12.4. The summed E-state index contributed by atoms with van der Waals surface area (Å²) >= 11 is 0. The maximum Gasteiger partial charge on any atom is 0.258 e. The number of rotatable bonds is 2. The van der Waals surface area contributed by atoms with E-state index in [0.717, 1.165) is 22.5 Å². The normalized spacial score (nSPS) is 15.1. The van der Waals surface area contributed by atoms with Crippen LogP contribution in [0, 0.1) is 0 Å². The highest BCUT2D eigenvalue weighted by Crippen LogP contribution is 2.36. The fourth-order valence-corrected chi connectivity index (χ4v) is 2.57. The van der Waals surface area contributed by atoms with Crippen molar-refractivity contribution in [1.29, 1.82) is 0 Å². The Labute approximate surface area is 129 Å². The molecule has 110 valence electrons. The summed E-state index contributed by atoms with van der Waals surface area (Å²) in [5.74, 6) is -0.111. The fraction of sp³-hybridized carbons (Fsp3) is 0.111. The second-order valence-corrected chi connectivity index (χ2v) is 5.24. The van der Waals surface area contributed by atoms with E-state index in [1.165, 1.54) is 6.92 Å². The number of carbonyl (C=O) groups is 2. The molecule has 1 aliphatic rings. The summed E-state index contributed by atoms with van der Waals surface area (Å²) in [6, 6.07) is 15.2. The van der Waals surface area contributed by atoms with E-state index in [0.29, 0.717) is 5.57 Å². The smallest absolute Gasteiger partial charge is 0.258 e. The molecule has 2 aromatic carbocycles. The molecule has 1 N–H and O–H groups in total. The molecule has 4 heteroatoms. The number of anilines is 2. The zero-order valence-corrected chi connectivity index (χ0v) is 12.5. The Balaban J connectivity index is 1.95. The Morgan fingerprint density at radius 2 is 1.77 bits per heavy atom. The SMILES string of the molecule is CC(=O)Nc1ccc(/C=C2\C(=O)N(C)c3ccccc32)cc1. The molecule has 4 nitrogen and oxygen atoms in total. The van der Waals surface area contributed by atoms with Crippen molar-refractivity contribution in [3.63, 3.8) is 0 Å². The van der Waals surface area contributed by atoms with E-state index in [1.807, 2.05) is 54.6 Å². The van der Waals surface area contributed by atoms with Gasteiger partial charge in [-0.1, -0.05) is 30.3 Å². The highest BCUT2D eigenvalue weighted by Gasteiger charge is 2.28. The van der Waals surface area contributed by atoms with Crippen molar-refractivity contribution in [3.05, 3.63) is 59.7 Å². The van der Waals surface area contributed by atoms with Gasteiger partial charge in [0.1, 0.15) is 0 Å². The number of nitrogens with zero attached hydrogens (tertiary/aromatic N) is 1. The molecule has 0 bridgehead atoms. The van der Waals surface area contributed by atoms with E-state index in [9.17, 15) is 9.59 Å². The number of hydrogen-bond acceptors (Lipinski definition) is 2. The summed E-state index contributed by atoms with van der Waals surface area (Å²) in [4.78, 5) is 25.1. The molecule has 2 aromatic rings. The molecule has 0 atom stereocenters. The van der Waals surface area contributed by atoms with Crippen molar-refractivity contribution < 1.29 is 9.59 Å². The number of hydrogen-bond donors (Lipinski definition) is 1. The van der Waals surface area contributed by atoms with Gasteiger partial charge in [0.15, 0.2) is 0 Å². The van der Waals surface area contributed by atoms with Crippen LogP contribution in [0.15, 0.2) is 48.5 Å². The molecule has 0 unspecified atom stereocenters. The Bertz CT molecular complexity index is 776. The lowest BCUT2D eigenvalue weighted by Crippen LogP contribution is -2.20. The van der Waals surface area contributed by atoms with Crippen LogP contribution in [0.5, 0.6) is 0 Å². The van der Waals surface area contributed by atoms with Gasteiger partial charge < -0.3 is 10.2 Å². The van der Waals surface area contributed by atoms with Crippen LogP contribution in [0.1, 0.15) is 18.1 Å². The molecule has 22 heavy (non-hydrogen) atoms. The number of para-hydroxylation sites is 1. The molecule has 0 saturated carbocycles. The van der Waals surface area contributed by atoms with Crippen LogP contribution >= 0.6 is 0 Å². The van der Waals surface area contributed by atoms with Crippen LogP contribution in [0.2, 0.25) is 0 Å². The van der Waals surface area contributed by atoms with Gasteiger partial charge in [0, 0.05) is 30.8 Å². The molecule has 2 amide bonds. The predicted octanol–water partition coefficient (Wildman–Crippen LogP) is 3.16. The summed E-state index contributed by atoms with van der Waals surface area (Å²) < 4.78 is 0. The molecule has 0 radical (unpaired) electrons. The van der Waals surface area contributed by atoms with Gasteiger partial charge in [-0.05, 0) is 29.8 Å². The molecule has 1 aliphatic heterocycles. The average molecular weight is 292 g/mol. The zero-order chi connectivity index (χ0) is 15.7. The summed E-state index contributed by atoms with van der Waals surface area (Å²) in [5, 5.41) is 2.72. The van der Waals surface area contributed by atoms with E-state index in [4.69, 9.17) is 0 Å². The molecule has 0 aromatic heterocycles. The van der Waals surface area contributed by atoms with Crippen molar-refractivity contribution in [1.82, 2.24) is 0 Å². The van der Waals surface area contributed by atoms with Gasteiger partial charge in [0.05, 0.1) is 5.69 Å². The van der Waals surface area contributed by atoms with E-state index >= 15 is 0 Å². The van der Waals surface area contributed by atoms with Crippen LogP contribution in [0.25, 0.3) is 11.6 Å². The van der Waals surface area contributed by atoms with Crippen molar-refractivity contribution in [2.45, 2.75) is 6.92 Å². The van der Waals surface area contributed by atoms with Crippen molar-refractivity contribution >= 4 is 34.8 Å². The Morgan fingerprint density at radius 1 is 1.09 bits per heavy atom. The monoisotopic (exact) mass is 292 g/mol. The number of nitrogens with one attached hydrogen (secondary N) is 1. The third kappa shape index (κ3) is 2.51. The van der Waals surface area contributed by atoms with Gasteiger partial charge in [-0.2, -0.15) is 0 Å². The first-order valence-electron chi connectivity index (χ1n) is 7.03. The van der Waals surface area contributed by atoms with Crippen LogP contribution in [-0.2, 0) is 9.59 Å². The third-order valence-corrected chi connectivity index (χ3v) is 3.63. The third-order valence-electron chi connectivity index (χ3n) is 3.63. The first-order chi connectivity index (χ1) is 10.6. The number of likely N-dealkylation sites (N-methyl/N-ethyl adjacent to an activating group) is 1. The summed E-state index contributed by atoms with van der Waals surface area (Å²) in [5.41, 5.74) is 4.22. The van der Waals surface area contributed by atoms with Crippen molar-refractivity contribution in [3.8, 4) is 0 Å². The minimum atomic E-state index is -0.104. The number of carbonyl (C=O) groups excluding carboxylic acids is 2. The summed E-state index contributed by atoms with van der Waals surface area (Å²) in [6.07, 6.45) is 1.88. The quantitative estimate of drug-likeness (QED) is 0.864. The molecule has 0 saturated heterocycles. The van der Waals surface area contributed by atoms with Gasteiger partial charge in [0.25, 0.3) is 5.91 Å². The number of amides is 2. The molecule has 3 rings (SSSR count). The topological polar surface area (TPSA) is 49.4 Å². The number of fused-ring (bicyclic) bond motifs is 1. The van der Waals surface area contributed by atoms with E-state index in [1.54, 1.807) is 11.9 Å². The Hall–Kier alpha value is -2.88. The Morgan fingerprint density at radius 3 is 2.45 bits per heavy atom. The van der Waals surface area contributed by atoms with Gasteiger partial charge in [-0.25, -0.2) is 0 Å². The van der Waals surface area contributed by atoms with Gasteiger partial charge >= 0.3 is 0 Å². The van der Waals surface area contributed by atoms with Gasteiger partial charge in [-0.15, -0.1) is 0 Å². The average Bonchev–Trinajstić information content (AvgIpc) is 2.74. The lowest BCUT2D eigenvalue weighted by molar-refractivity contribution is -0.114. The number of benzene rings is 2. The summed E-state index contributed by atoms with van der Waals surface area (Å²) in [6.45, 7) is 1.47. The highest BCUT2D eigenvalue weighted by atomic mass is 16.2.